The number of likely N-dealkylation sites (tertiary alicyclic amines) is 1. The molecule has 4 heterocycles. The van der Waals surface area contributed by atoms with Crippen LogP contribution in [0.15, 0.2) is 36.9 Å². The summed E-state index contributed by atoms with van der Waals surface area (Å²) in [7, 11) is 0. The van der Waals surface area contributed by atoms with E-state index in [1.54, 1.807) is 4.90 Å². The number of para-hydroxylation sites is 1. The molecular weight excluding hydrogens is 531 g/mol. The number of carbonyl (C=O) groups is 1. The quantitative estimate of drug-likeness (QED) is 0.482. The van der Waals surface area contributed by atoms with Crippen LogP contribution in [0.5, 0.6) is 0 Å². The Morgan fingerprint density at radius 1 is 1.12 bits per heavy atom. The largest absolute Gasteiger partial charge is 0.368 e. The minimum Gasteiger partial charge on any atom is -0.368 e. The average molecular weight is 573 g/mol. The van der Waals surface area contributed by atoms with Crippen LogP contribution in [0.25, 0.3) is 0 Å². The Kier molecular flexibility index (Phi) is 8.56. The predicted octanol–water partition coefficient (Wildman–Crippen LogP) is 3.36. The number of halogens is 1. The van der Waals surface area contributed by atoms with E-state index in [1.807, 2.05) is 0 Å². The molecule has 1 aliphatic carbocycles. The van der Waals surface area contributed by atoms with E-state index in [4.69, 9.17) is 9.97 Å². The van der Waals surface area contributed by atoms with Gasteiger partial charge in [0.1, 0.15) is 12.5 Å². The maximum absolute atomic E-state index is 12.9. The number of amides is 1. The van der Waals surface area contributed by atoms with Crippen LogP contribution in [-0.4, -0.2) is 96.3 Å². The molecule has 2 saturated heterocycles. The van der Waals surface area contributed by atoms with E-state index in [0.29, 0.717) is 38.2 Å². The molecule has 1 unspecified atom stereocenters. The fourth-order valence-corrected chi connectivity index (χ4v) is 7.25. The highest BCUT2D eigenvalue weighted by Gasteiger charge is 2.35. The third-order valence-electron chi connectivity index (χ3n) is 9.48. The second kappa shape index (κ2) is 12.7. The first-order valence-electron chi connectivity index (χ1n) is 15.4. The van der Waals surface area contributed by atoms with Crippen molar-refractivity contribution in [3.05, 3.63) is 53.7 Å². The molecule has 0 bridgehead atoms. The van der Waals surface area contributed by atoms with Crippen LogP contribution in [0, 0.1) is 11.3 Å². The SMILES string of the molecule is C=CC(=O)N1CCN(c2nc(NC3CCN(CCF)CC3)nc3c2CCC(N2CCc4ccccc42)C3)C[C@@H]1CC#N. The molecule has 1 aromatic carbocycles. The number of aromatic nitrogens is 2. The molecule has 3 aliphatic heterocycles. The molecule has 42 heavy (non-hydrogen) atoms. The Balaban J connectivity index is 1.27. The van der Waals surface area contributed by atoms with Crippen molar-refractivity contribution in [1.29, 1.82) is 5.26 Å². The Labute approximate surface area is 248 Å². The predicted molar refractivity (Wildman–Crippen MR) is 163 cm³/mol. The van der Waals surface area contributed by atoms with E-state index in [2.05, 4.69) is 56.9 Å². The highest BCUT2D eigenvalue weighted by atomic mass is 19.1. The summed E-state index contributed by atoms with van der Waals surface area (Å²) >= 11 is 0. The lowest BCUT2D eigenvalue weighted by atomic mass is 9.90. The maximum atomic E-state index is 12.9. The number of piperazine rings is 1. The molecule has 222 valence electrons. The van der Waals surface area contributed by atoms with Crippen molar-refractivity contribution < 1.29 is 9.18 Å². The number of nitrogens with one attached hydrogen (secondary N) is 1. The first kappa shape index (κ1) is 28.4. The molecule has 2 aromatic rings. The summed E-state index contributed by atoms with van der Waals surface area (Å²) in [5, 5.41) is 13.2. The topological polar surface area (TPSA) is 91.6 Å². The van der Waals surface area contributed by atoms with Crippen molar-refractivity contribution in [2.75, 3.05) is 67.6 Å². The fourth-order valence-electron chi connectivity index (χ4n) is 7.25. The molecule has 6 rings (SSSR count). The molecule has 0 saturated carbocycles. The number of piperidine rings is 1. The van der Waals surface area contributed by atoms with Crippen LogP contribution in [0.3, 0.4) is 0 Å². The molecule has 10 heteroatoms. The highest BCUT2D eigenvalue weighted by molar-refractivity contribution is 5.87. The Hall–Kier alpha value is -3.71. The van der Waals surface area contributed by atoms with Gasteiger partial charge in [0.15, 0.2) is 0 Å². The smallest absolute Gasteiger partial charge is 0.246 e. The molecule has 1 aromatic heterocycles. The summed E-state index contributed by atoms with van der Waals surface area (Å²) < 4.78 is 12.9. The Morgan fingerprint density at radius 3 is 2.74 bits per heavy atom. The van der Waals surface area contributed by atoms with Gasteiger partial charge in [-0.3, -0.25) is 4.79 Å². The van der Waals surface area contributed by atoms with Crippen LogP contribution in [0.4, 0.5) is 21.8 Å². The van der Waals surface area contributed by atoms with E-state index < -0.39 is 0 Å². The lowest BCUT2D eigenvalue weighted by molar-refractivity contribution is -0.128. The monoisotopic (exact) mass is 572 g/mol. The van der Waals surface area contributed by atoms with Gasteiger partial charge in [0.2, 0.25) is 11.9 Å². The zero-order valence-corrected chi connectivity index (χ0v) is 24.3. The molecule has 0 spiro atoms. The summed E-state index contributed by atoms with van der Waals surface area (Å²) in [4.78, 5) is 31.5. The number of anilines is 3. The van der Waals surface area contributed by atoms with Crippen molar-refractivity contribution in [1.82, 2.24) is 19.8 Å². The number of nitriles is 1. The van der Waals surface area contributed by atoms with Crippen molar-refractivity contribution in [3.8, 4) is 6.07 Å². The van der Waals surface area contributed by atoms with Crippen molar-refractivity contribution in [2.24, 2.45) is 0 Å². The number of benzene rings is 1. The van der Waals surface area contributed by atoms with E-state index in [-0.39, 0.29) is 31.1 Å². The highest BCUT2D eigenvalue weighted by Crippen LogP contribution is 2.37. The summed E-state index contributed by atoms with van der Waals surface area (Å²) in [6, 6.07) is 11.4. The number of rotatable bonds is 8. The average Bonchev–Trinajstić information content (AvgIpc) is 3.45. The first-order valence-corrected chi connectivity index (χ1v) is 15.4. The van der Waals surface area contributed by atoms with Crippen molar-refractivity contribution in [3.63, 3.8) is 0 Å². The number of nitrogens with zero attached hydrogens (tertiary/aromatic N) is 7. The second-order valence-corrected chi connectivity index (χ2v) is 11.9. The van der Waals surface area contributed by atoms with Gasteiger partial charge in [0.05, 0.1) is 24.2 Å². The van der Waals surface area contributed by atoms with E-state index in [0.717, 1.165) is 69.7 Å². The van der Waals surface area contributed by atoms with Crippen LogP contribution in [0.2, 0.25) is 0 Å². The van der Waals surface area contributed by atoms with E-state index >= 15 is 0 Å². The number of fused-ring (bicyclic) bond motifs is 2. The van der Waals surface area contributed by atoms with Crippen LogP contribution in [0.1, 0.15) is 42.5 Å². The van der Waals surface area contributed by atoms with Gasteiger partial charge >= 0.3 is 0 Å². The normalized spacial score (nSPS) is 22.8. The van der Waals surface area contributed by atoms with Gasteiger partial charge in [0, 0.05) is 75.6 Å². The van der Waals surface area contributed by atoms with Gasteiger partial charge in [-0.05, 0) is 49.8 Å². The summed E-state index contributed by atoms with van der Waals surface area (Å²) in [6.07, 6.45) is 7.33. The number of hydrogen-bond donors (Lipinski definition) is 1. The Bertz CT molecular complexity index is 1340. The summed E-state index contributed by atoms with van der Waals surface area (Å²) in [5.74, 6) is 1.46. The first-order chi connectivity index (χ1) is 20.6. The van der Waals surface area contributed by atoms with Crippen LogP contribution < -0.4 is 15.1 Å². The molecule has 2 atom stereocenters. The second-order valence-electron chi connectivity index (χ2n) is 11.9. The molecule has 9 nitrogen and oxygen atoms in total. The Morgan fingerprint density at radius 2 is 1.95 bits per heavy atom. The number of alkyl halides is 1. The fraction of sp³-hybridized carbons (Fsp3) is 0.562. The standard InChI is InChI=1S/C32H41FN8O/c1-2-30(42)41-20-19-39(22-26(41)9-14-34)31-27-8-7-25(40-17-10-23-5-3-4-6-29(23)40)21-28(27)36-32(37-31)35-24-11-15-38(16-12-24)18-13-33/h2-6,24-26H,1,7-13,15-22H2,(H,35,36,37)/t25?,26-/m0/s1. The minimum atomic E-state index is -0.309. The molecule has 1 N–H and O–H groups in total. The van der Waals surface area contributed by atoms with Gasteiger partial charge < -0.3 is 24.9 Å². The molecule has 4 aliphatic rings. The van der Waals surface area contributed by atoms with Crippen LogP contribution in [-0.2, 0) is 24.1 Å². The summed E-state index contributed by atoms with van der Waals surface area (Å²) in [5.41, 5.74) is 5.06. The van der Waals surface area contributed by atoms with Gasteiger partial charge in [-0.1, -0.05) is 24.8 Å². The van der Waals surface area contributed by atoms with Gasteiger partial charge in [0.25, 0.3) is 0 Å². The zero-order valence-electron chi connectivity index (χ0n) is 24.3. The van der Waals surface area contributed by atoms with Crippen LogP contribution >= 0.6 is 0 Å². The van der Waals surface area contributed by atoms with E-state index in [9.17, 15) is 14.4 Å². The third-order valence-corrected chi connectivity index (χ3v) is 9.48. The lowest BCUT2D eigenvalue weighted by Crippen LogP contribution is -2.55. The zero-order chi connectivity index (χ0) is 29.1. The van der Waals surface area contributed by atoms with E-state index in [1.165, 1.54) is 22.9 Å². The minimum absolute atomic E-state index is 0.130. The number of hydrogen-bond acceptors (Lipinski definition) is 8. The summed E-state index contributed by atoms with van der Waals surface area (Å²) in [6.45, 7) is 8.35. The van der Waals surface area contributed by atoms with Gasteiger partial charge in [-0.2, -0.15) is 10.2 Å². The number of carbonyl (C=O) groups excluding carboxylic acids is 1. The molecule has 1 amide bonds. The maximum Gasteiger partial charge on any atom is 0.246 e. The third kappa shape index (κ3) is 5.80. The van der Waals surface area contributed by atoms with Crippen molar-refractivity contribution in [2.45, 2.75) is 63.1 Å². The molecular formula is C32H41FN8O. The van der Waals surface area contributed by atoms with Gasteiger partial charge in [-0.25, -0.2) is 9.37 Å². The van der Waals surface area contributed by atoms with Crippen molar-refractivity contribution >= 4 is 23.4 Å². The lowest BCUT2D eigenvalue weighted by Gasteiger charge is -2.42. The van der Waals surface area contributed by atoms with Gasteiger partial charge in [-0.15, -0.1) is 0 Å². The molecule has 2 fully saturated rings. The molecule has 0 radical (unpaired) electrons.